The molecule has 5 heteroatoms. The lowest BCUT2D eigenvalue weighted by atomic mass is 9.83. The fourth-order valence-corrected chi connectivity index (χ4v) is 4.13. The van der Waals surface area contributed by atoms with Crippen molar-refractivity contribution in [3.8, 4) is 0 Å². The van der Waals surface area contributed by atoms with Crippen LogP contribution in [0.25, 0.3) is 0 Å². The molecule has 0 aromatic carbocycles. The van der Waals surface area contributed by atoms with Gasteiger partial charge in [-0.3, -0.25) is 9.59 Å². The number of hydrogen-bond acceptors (Lipinski definition) is 5. The second-order valence-corrected chi connectivity index (χ2v) is 6.93. The Bertz CT molecular complexity index is 666. The molecule has 0 amide bonds. The van der Waals surface area contributed by atoms with Gasteiger partial charge in [0.2, 0.25) is 0 Å². The van der Waals surface area contributed by atoms with E-state index < -0.39 is 17.4 Å². The summed E-state index contributed by atoms with van der Waals surface area (Å²) in [6.07, 6.45) is 6.71. The lowest BCUT2D eigenvalue weighted by Crippen LogP contribution is -2.40. The first kappa shape index (κ1) is 17.8. The summed E-state index contributed by atoms with van der Waals surface area (Å²) in [5.74, 6) is -0.305. The van der Waals surface area contributed by atoms with Crippen molar-refractivity contribution in [3.05, 3.63) is 35.3 Å². The van der Waals surface area contributed by atoms with Gasteiger partial charge in [-0.2, -0.15) is 0 Å². The first-order valence-electron chi connectivity index (χ1n) is 9.14. The van der Waals surface area contributed by atoms with Crippen molar-refractivity contribution in [1.82, 2.24) is 0 Å². The van der Waals surface area contributed by atoms with E-state index in [-0.39, 0.29) is 25.6 Å². The summed E-state index contributed by atoms with van der Waals surface area (Å²) >= 11 is 0. The summed E-state index contributed by atoms with van der Waals surface area (Å²) in [6, 6.07) is 0. The van der Waals surface area contributed by atoms with Crippen LogP contribution >= 0.6 is 0 Å². The molecule has 1 atom stereocenters. The molecule has 3 rings (SSSR count). The van der Waals surface area contributed by atoms with Crippen molar-refractivity contribution in [2.45, 2.75) is 58.3 Å². The summed E-state index contributed by atoms with van der Waals surface area (Å²) in [5, 5.41) is 0. The van der Waals surface area contributed by atoms with Crippen LogP contribution in [0.4, 0.5) is 0 Å². The van der Waals surface area contributed by atoms with E-state index in [2.05, 4.69) is 6.58 Å². The largest absolute Gasteiger partial charge is 0.468 e. The monoisotopic (exact) mass is 346 g/mol. The Morgan fingerprint density at radius 2 is 1.84 bits per heavy atom. The van der Waals surface area contributed by atoms with E-state index in [9.17, 15) is 9.59 Å². The molecule has 136 valence electrons. The van der Waals surface area contributed by atoms with E-state index in [0.29, 0.717) is 6.42 Å². The smallest absolute Gasteiger partial charge is 0.323 e. The molecule has 0 aliphatic heterocycles. The molecule has 1 aromatic heterocycles. The topological polar surface area (TPSA) is 65.7 Å². The molecule has 2 aliphatic rings. The average Bonchev–Trinajstić information content (AvgIpc) is 3.17. The average molecular weight is 346 g/mol. The number of ether oxygens (including phenoxy) is 2. The van der Waals surface area contributed by atoms with Crippen LogP contribution in [0.1, 0.15) is 62.3 Å². The molecule has 1 fully saturated rings. The molecule has 1 unspecified atom stereocenters. The Morgan fingerprint density at radius 3 is 2.48 bits per heavy atom. The summed E-state index contributed by atoms with van der Waals surface area (Å²) in [6.45, 7) is 8.08. The molecule has 0 spiro atoms. The van der Waals surface area contributed by atoms with Crippen molar-refractivity contribution in [2.24, 2.45) is 5.41 Å². The minimum Gasteiger partial charge on any atom is -0.468 e. The summed E-state index contributed by atoms with van der Waals surface area (Å²) in [5.41, 5.74) is 2.02. The third kappa shape index (κ3) is 3.00. The predicted molar refractivity (Wildman–Crippen MR) is 92.2 cm³/mol. The Morgan fingerprint density at radius 1 is 1.20 bits per heavy atom. The zero-order valence-electron chi connectivity index (χ0n) is 15.1. The molecule has 5 nitrogen and oxygen atoms in total. The van der Waals surface area contributed by atoms with Gasteiger partial charge < -0.3 is 13.9 Å². The highest BCUT2D eigenvalue weighted by Crippen LogP contribution is 2.52. The molecule has 1 heterocycles. The SMILES string of the molecule is C=C1CC(C(=O)OCC)(C(=O)OCC)CC1c1occ2c1CCCC2. The number of hydrogen-bond donors (Lipinski definition) is 0. The number of esters is 2. The standard InChI is InChI=1S/C20H26O5/c1-4-23-18(21)20(19(22)24-5-2)10-13(3)16(11-20)17-15-9-7-6-8-14(15)12-25-17/h12,16H,3-11H2,1-2H3. The highest BCUT2D eigenvalue weighted by Gasteiger charge is 2.56. The second kappa shape index (κ2) is 7.06. The highest BCUT2D eigenvalue weighted by molar-refractivity contribution is 6.01. The minimum atomic E-state index is -1.30. The van der Waals surface area contributed by atoms with Crippen molar-refractivity contribution >= 4 is 11.9 Å². The maximum Gasteiger partial charge on any atom is 0.323 e. The second-order valence-electron chi connectivity index (χ2n) is 6.93. The lowest BCUT2D eigenvalue weighted by Gasteiger charge is -2.24. The van der Waals surface area contributed by atoms with Crippen LogP contribution in [0.15, 0.2) is 22.8 Å². The van der Waals surface area contributed by atoms with Crippen LogP contribution in [0.2, 0.25) is 0 Å². The predicted octanol–water partition coefficient (Wildman–Crippen LogP) is 3.70. The zero-order chi connectivity index (χ0) is 18.0. The van der Waals surface area contributed by atoms with Crippen LogP contribution in [-0.2, 0) is 31.9 Å². The van der Waals surface area contributed by atoms with Gasteiger partial charge in [0.25, 0.3) is 0 Å². The van der Waals surface area contributed by atoms with Crippen LogP contribution in [0.3, 0.4) is 0 Å². The molecule has 0 saturated heterocycles. The quantitative estimate of drug-likeness (QED) is 0.462. The Kier molecular flexibility index (Phi) is 5.02. The summed E-state index contributed by atoms with van der Waals surface area (Å²) in [7, 11) is 0. The first-order chi connectivity index (χ1) is 12.0. The summed E-state index contributed by atoms with van der Waals surface area (Å²) in [4.78, 5) is 25.3. The lowest BCUT2D eigenvalue weighted by molar-refractivity contribution is -0.171. The molecule has 1 saturated carbocycles. The van der Waals surface area contributed by atoms with Gasteiger partial charge in [-0.05, 0) is 63.5 Å². The first-order valence-corrected chi connectivity index (χ1v) is 9.14. The van der Waals surface area contributed by atoms with Crippen molar-refractivity contribution < 1.29 is 23.5 Å². The number of carbonyl (C=O) groups is 2. The molecular formula is C20H26O5. The van der Waals surface area contributed by atoms with E-state index in [0.717, 1.165) is 30.6 Å². The van der Waals surface area contributed by atoms with Gasteiger partial charge in [-0.15, -0.1) is 0 Å². The molecular weight excluding hydrogens is 320 g/mol. The Hall–Kier alpha value is -2.04. The molecule has 0 radical (unpaired) electrons. The minimum absolute atomic E-state index is 0.143. The molecule has 25 heavy (non-hydrogen) atoms. The van der Waals surface area contributed by atoms with Crippen LogP contribution in [0, 0.1) is 5.41 Å². The van der Waals surface area contributed by atoms with Gasteiger partial charge in [0, 0.05) is 5.92 Å². The normalized spacial score (nSPS) is 21.7. The number of aryl methyl sites for hydroxylation is 1. The van der Waals surface area contributed by atoms with Crippen LogP contribution < -0.4 is 0 Å². The van der Waals surface area contributed by atoms with Crippen molar-refractivity contribution in [1.29, 1.82) is 0 Å². The highest BCUT2D eigenvalue weighted by atomic mass is 16.6. The molecule has 0 bridgehead atoms. The fraction of sp³-hybridized carbons (Fsp3) is 0.600. The van der Waals surface area contributed by atoms with E-state index in [4.69, 9.17) is 13.9 Å². The van der Waals surface area contributed by atoms with E-state index >= 15 is 0 Å². The number of rotatable bonds is 5. The fourth-order valence-electron chi connectivity index (χ4n) is 4.13. The van der Waals surface area contributed by atoms with Gasteiger partial charge in [0.05, 0.1) is 19.5 Å². The van der Waals surface area contributed by atoms with Crippen molar-refractivity contribution in [2.75, 3.05) is 13.2 Å². The van der Waals surface area contributed by atoms with Gasteiger partial charge >= 0.3 is 11.9 Å². The molecule has 0 N–H and O–H groups in total. The maximum absolute atomic E-state index is 12.6. The number of allylic oxidation sites excluding steroid dienone is 1. The Labute approximate surface area is 148 Å². The molecule has 1 aromatic rings. The van der Waals surface area contributed by atoms with E-state index in [1.807, 2.05) is 6.26 Å². The van der Waals surface area contributed by atoms with Gasteiger partial charge in [-0.1, -0.05) is 12.2 Å². The van der Waals surface area contributed by atoms with Gasteiger partial charge in [0.1, 0.15) is 5.76 Å². The summed E-state index contributed by atoms with van der Waals surface area (Å²) < 4.78 is 16.3. The van der Waals surface area contributed by atoms with Crippen molar-refractivity contribution in [3.63, 3.8) is 0 Å². The third-order valence-electron chi connectivity index (χ3n) is 5.36. The molecule has 2 aliphatic carbocycles. The van der Waals surface area contributed by atoms with E-state index in [1.54, 1.807) is 13.8 Å². The maximum atomic E-state index is 12.6. The number of furan rings is 1. The van der Waals surface area contributed by atoms with Crippen LogP contribution in [0.5, 0.6) is 0 Å². The third-order valence-corrected chi connectivity index (χ3v) is 5.36. The Balaban J connectivity index is 1.93. The van der Waals surface area contributed by atoms with Gasteiger partial charge in [0.15, 0.2) is 5.41 Å². The van der Waals surface area contributed by atoms with Gasteiger partial charge in [-0.25, -0.2) is 0 Å². The van der Waals surface area contributed by atoms with Crippen LogP contribution in [-0.4, -0.2) is 25.2 Å². The zero-order valence-corrected chi connectivity index (χ0v) is 15.1. The number of fused-ring (bicyclic) bond motifs is 1. The number of carbonyl (C=O) groups excluding carboxylic acids is 2. The van der Waals surface area contributed by atoms with E-state index in [1.165, 1.54) is 17.5 Å².